The van der Waals surface area contributed by atoms with Gasteiger partial charge in [-0.3, -0.25) is 9.78 Å². The number of benzene rings is 1. The minimum atomic E-state index is -0.795. The Morgan fingerprint density at radius 2 is 2.20 bits per heavy atom. The predicted octanol–water partition coefficient (Wildman–Crippen LogP) is 2.51. The second-order valence-electron chi connectivity index (χ2n) is 4.45. The summed E-state index contributed by atoms with van der Waals surface area (Å²) in [4.78, 5) is 16.0. The van der Waals surface area contributed by atoms with Crippen LogP contribution in [0.3, 0.4) is 0 Å². The van der Waals surface area contributed by atoms with E-state index in [0.717, 1.165) is 5.56 Å². The van der Waals surface area contributed by atoms with Crippen molar-refractivity contribution >= 4 is 17.5 Å². The van der Waals surface area contributed by atoms with Gasteiger partial charge in [-0.05, 0) is 24.6 Å². The number of carbonyl (C=O) groups excluding carboxylic acids is 1. The SMILES string of the molecule is Cc1cccc(C(=O)NCC(O)c2cccnc2)c1Cl. The van der Waals surface area contributed by atoms with E-state index in [4.69, 9.17) is 11.6 Å². The van der Waals surface area contributed by atoms with Gasteiger partial charge in [0.05, 0.1) is 16.7 Å². The highest BCUT2D eigenvalue weighted by Crippen LogP contribution is 2.20. The maximum atomic E-state index is 12.0. The summed E-state index contributed by atoms with van der Waals surface area (Å²) in [6, 6.07) is 8.75. The van der Waals surface area contributed by atoms with Crippen LogP contribution < -0.4 is 5.32 Å². The molecule has 0 aliphatic carbocycles. The van der Waals surface area contributed by atoms with E-state index >= 15 is 0 Å². The first kappa shape index (κ1) is 14.5. The summed E-state index contributed by atoms with van der Waals surface area (Å²) in [7, 11) is 0. The number of rotatable bonds is 4. The van der Waals surface area contributed by atoms with Crippen molar-refractivity contribution in [2.75, 3.05) is 6.54 Å². The molecular weight excluding hydrogens is 276 g/mol. The molecule has 20 heavy (non-hydrogen) atoms. The Balaban J connectivity index is 2.01. The number of pyridine rings is 1. The molecule has 0 saturated carbocycles. The summed E-state index contributed by atoms with van der Waals surface area (Å²) in [6.45, 7) is 1.94. The van der Waals surface area contributed by atoms with Gasteiger partial charge < -0.3 is 10.4 Å². The average Bonchev–Trinajstić information content (AvgIpc) is 2.48. The molecular formula is C15H15ClN2O2. The van der Waals surface area contributed by atoms with Crippen molar-refractivity contribution in [1.29, 1.82) is 0 Å². The Morgan fingerprint density at radius 1 is 1.40 bits per heavy atom. The number of carbonyl (C=O) groups is 1. The van der Waals surface area contributed by atoms with Crippen LogP contribution in [-0.4, -0.2) is 22.5 Å². The summed E-state index contributed by atoms with van der Waals surface area (Å²) in [6.07, 6.45) is 2.40. The van der Waals surface area contributed by atoms with E-state index in [1.165, 1.54) is 0 Å². The normalized spacial score (nSPS) is 11.9. The van der Waals surface area contributed by atoms with Gasteiger partial charge >= 0.3 is 0 Å². The first-order valence-corrected chi connectivity index (χ1v) is 6.58. The lowest BCUT2D eigenvalue weighted by Gasteiger charge is -2.12. The fraction of sp³-hybridized carbons (Fsp3) is 0.200. The summed E-state index contributed by atoms with van der Waals surface area (Å²) < 4.78 is 0. The zero-order valence-electron chi connectivity index (χ0n) is 11.0. The molecule has 0 saturated heterocycles. The maximum absolute atomic E-state index is 12.0. The zero-order valence-corrected chi connectivity index (χ0v) is 11.8. The smallest absolute Gasteiger partial charge is 0.252 e. The number of aromatic nitrogens is 1. The van der Waals surface area contributed by atoms with Crippen molar-refractivity contribution in [3.05, 3.63) is 64.4 Å². The van der Waals surface area contributed by atoms with Gasteiger partial charge in [0.25, 0.3) is 5.91 Å². The van der Waals surface area contributed by atoms with E-state index < -0.39 is 6.10 Å². The van der Waals surface area contributed by atoms with Crippen LogP contribution in [0.1, 0.15) is 27.6 Å². The van der Waals surface area contributed by atoms with Crippen LogP contribution in [0.2, 0.25) is 5.02 Å². The third-order valence-corrected chi connectivity index (χ3v) is 3.46. The third-order valence-electron chi connectivity index (χ3n) is 2.96. The lowest BCUT2D eigenvalue weighted by molar-refractivity contribution is 0.0916. The molecule has 0 fully saturated rings. The van der Waals surface area contributed by atoms with Gasteiger partial charge in [0, 0.05) is 24.5 Å². The van der Waals surface area contributed by atoms with Gasteiger partial charge in [0.2, 0.25) is 0 Å². The third kappa shape index (κ3) is 3.35. The average molecular weight is 291 g/mol. The molecule has 1 amide bonds. The van der Waals surface area contributed by atoms with E-state index in [1.54, 1.807) is 36.7 Å². The molecule has 2 N–H and O–H groups in total. The molecule has 2 rings (SSSR count). The highest BCUT2D eigenvalue weighted by atomic mass is 35.5. The van der Waals surface area contributed by atoms with E-state index in [9.17, 15) is 9.90 Å². The van der Waals surface area contributed by atoms with E-state index in [2.05, 4.69) is 10.3 Å². The minimum Gasteiger partial charge on any atom is -0.387 e. The number of halogens is 1. The first-order valence-electron chi connectivity index (χ1n) is 6.21. The molecule has 1 atom stereocenters. The zero-order chi connectivity index (χ0) is 14.5. The Labute approximate surface area is 122 Å². The maximum Gasteiger partial charge on any atom is 0.252 e. The van der Waals surface area contributed by atoms with Crippen LogP contribution >= 0.6 is 11.6 Å². The lowest BCUT2D eigenvalue weighted by Crippen LogP contribution is -2.28. The first-order chi connectivity index (χ1) is 9.59. The number of hydrogen-bond donors (Lipinski definition) is 2. The standard InChI is InChI=1S/C15H15ClN2O2/c1-10-4-2-6-12(14(10)16)15(20)18-9-13(19)11-5-3-7-17-8-11/h2-8,13,19H,9H2,1H3,(H,18,20). The summed E-state index contributed by atoms with van der Waals surface area (Å²) >= 11 is 6.09. The van der Waals surface area contributed by atoms with Gasteiger partial charge in [-0.1, -0.05) is 29.8 Å². The Bertz CT molecular complexity index is 602. The second-order valence-corrected chi connectivity index (χ2v) is 4.83. The van der Waals surface area contributed by atoms with Crippen LogP contribution in [-0.2, 0) is 0 Å². The number of aliphatic hydroxyl groups excluding tert-OH is 1. The number of hydrogen-bond acceptors (Lipinski definition) is 3. The highest BCUT2D eigenvalue weighted by molar-refractivity contribution is 6.34. The molecule has 1 aromatic carbocycles. The highest BCUT2D eigenvalue weighted by Gasteiger charge is 2.14. The van der Waals surface area contributed by atoms with Crippen LogP contribution in [0.15, 0.2) is 42.7 Å². The van der Waals surface area contributed by atoms with Gasteiger partial charge in [-0.25, -0.2) is 0 Å². The van der Waals surface area contributed by atoms with Gasteiger partial charge in [-0.15, -0.1) is 0 Å². The van der Waals surface area contributed by atoms with E-state index in [0.29, 0.717) is 16.1 Å². The fourth-order valence-electron chi connectivity index (χ4n) is 1.80. The molecule has 0 spiro atoms. The predicted molar refractivity (Wildman–Crippen MR) is 77.7 cm³/mol. The molecule has 4 nitrogen and oxygen atoms in total. The van der Waals surface area contributed by atoms with E-state index in [1.807, 2.05) is 13.0 Å². The van der Waals surface area contributed by atoms with Crippen molar-refractivity contribution in [3.63, 3.8) is 0 Å². The quantitative estimate of drug-likeness (QED) is 0.909. The van der Waals surface area contributed by atoms with Crippen molar-refractivity contribution in [1.82, 2.24) is 10.3 Å². The Morgan fingerprint density at radius 3 is 2.90 bits per heavy atom. The van der Waals surface area contributed by atoms with Crippen molar-refractivity contribution in [3.8, 4) is 0 Å². The monoisotopic (exact) mass is 290 g/mol. The van der Waals surface area contributed by atoms with Crippen LogP contribution in [0, 0.1) is 6.92 Å². The molecule has 0 aliphatic rings. The largest absolute Gasteiger partial charge is 0.387 e. The molecule has 0 bridgehead atoms. The molecule has 0 radical (unpaired) electrons. The van der Waals surface area contributed by atoms with Crippen LogP contribution in [0.5, 0.6) is 0 Å². The van der Waals surface area contributed by atoms with Gasteiger partial charge in [0.1, 0.15) is 0 Å². The molecule has 5 heteroatoms. The second kappa shape index (κ2) is 6.50. The number of aryl methyl sites for hydroxylation is 1. The lowest BCUT2D eigenvalue weighted by atomic mass is 10.1. The van der Waals surface area contributed by atoms with Crippen molar-refractivity contribution in [2.24, 2.45) is 0 Å². The van der Waals surface area contributed by atoms with Gasteiger partial charge in [0.15, 0.2) is 0 Å². The van der Waals surface area contributed by atoms with Crippen LogP contribution in [0.4, 0.5) is 0 Å². The molecule has 1 unspecified atom stereocenters. The Hall–Kier alpha value is -1.91. The summed E-state index contributed by atoms with van der Waals surface area (Å²) in [5.74, 6) is -0.304. The van der Waals surface area contributed by atoms with Crippen molar-refractivity contribution < 1.29 is 9.90 Å². The number of amides is 1. The fourth-order valence-corrected chi connectivity index (χ4v) is 2.01. The molecule has 104 valence electrons. The van der Waals surface area contributed by atoms with Crippen molar-refractivity contribution in [2.45, 2.75) is 13.0 Å². The van der Waals surface area contributed by atoms with Gasteiger partial charge in [-0.2, -0.15) is 0 Å². The topological polar surface area (TPSA) is 62.2 Å². The van der Waals surface area contributed by atoms with Crippen LogP contribution in [0.25, 0.3) is 0 Å². The molecule has 1 heterocycles. The summed E-state index contributed by atoms with van der Waals surface area (Å²) in [5.41, 5.74) is 1.90. The summed E-state index contributed by atoms with van der Waals surface area (Å²) in [5, 5.41) is 13.0. The number of nitrogens with zero attached hydrogens (tertiary/aromatic N) is 1. The number of aliphatic hydroxyl groups is 1. The van der Waals surface area contributed by atoms with E-state index in [-0.39, 0.29) is 12.5 Å². The molecule has 1 aromatic heterocycles. The number of nitrogens with one attached hydrogen (secondary N) is 1. The Kier molecular flexibility index (Phi) is 4.71. The molecule has 2 aromatic rings. The minimum absolute atomic E-state index is 0.106. The molecule has 0 aliphatic heterocycles.